The number of ether oxygens (including phenoxy) is 1. The smallest absolute Gasteiger partial charge is 0.279 e. The summed E-state index contributed by atoms with van der Waals surface area (Å²) in [6.07, 6.45) is 2.89. The molecule has 2 bridgehead atoms. The molecule has 1 aromatic carbocycles. The first-order valence-electron chi connectivity index (χ1n) is 8.45. The molecule has 3 aliphatic rings. The molecule has 4 rings (SSSR count). The maximum absolute atomic E-state index is 14.6. The average molecular weight is 354 g/mol. The number of allylic oxidation sites excluding steroid dienone is 4. The number of amides is 1. The second-order valence-corrected chi connectivity index (χ2v) is 6.60. The van der Waals surface area contributed by atoms with Crippen LogP contribution in [0, 0.1) is 11.3 Å². The molecule has 1 N–H and O–H groups in total. The summed E-state index contributed by atoms with van der Waals surface area (Å²) in [5, 5.41) is 11.8. The zero-order valence-corrected chi connectivity index (χ0v) is 13.8. The zero-order valence-electron chi connectivity index (χ0n) is 13.8. The summed E-state index contributed by atoms with van der Waals surface area (Å²) in [7, 11) is 0. The molecule has 26 heavy (non-hydrogen) atoms. The number of carbonyl (C=O) groups is 1. The first-order chi connectivity index (χ1) is 12.5. The first kappa shape index (κ1) is 16.7. The Labute approximate surface area is 149 Å². The molecule has 1 saturated heterocycles. The van der Waals surface area contributed by atoms with Crippen LogP contribution in [-0.4, -0.2) is 24.0 Å². The Kier molecular flexibility index (Phi) is 3.97. The fourth-order valence-electron chi connectivity index (χ4n) is 3.73. The van der Waals surface area contributed by atoms with Crippen molar-refractivity contribution >= 4 is 11.5 Å². The maximum Gasteiger partial charge on any atom is 0.279 e. The number of hydrogen-bond acceptors (Lipinski definition) is 3. The van der Waals surface area contributed by atoms with Crippen molar-refractivity contribution in [2.24, 2.45) is 0 Å². The monoisotopic (exact) mass is 354 g/mol. The number of nitrogens with zero attached hydrogens (tertiary/aromatic N) is 1. The third-order valence-electron chi connectivity index (χ3n) is 4.94. The highest BCUT2D eigenvalue weighted by Crippen LogP contribution is 2.41. The van der Waals surface area contributed by atoms with Gasteiger partial charge in [0.05, 0.1) is 35.8 Å². The zero-order chi connectivity index (χ0) is 18.3. The molecule has 0 aromatic heterocycles. The highest BCUT2D eigenvalue weighted by Gasteiger charge is 2.44. The van der Waals surface area contributed by atoms with Crippen LogP contribution in [0.4, 0.5) is 8.78 Å². The largest absolute Gasteiger partial charge is 0.365 e. The lowest BCUT2D eigenvalue weighted by Gasteiger charge is -2.25. The van der Waals surface area contributed by atoms with Gasteiger partial charge in [-0.25, -0.2) is 8.78 Å². The van der Waals surface area contributed by atoms with Crippen molar-refractivity contribution in [1.82, 2.24) is 5.32 Å². The van der Waals surface area contributed by atoms with Gasteiger partial charge in [-0.1, -0.05) is 36.4 Å². The van der Waals surface area contributed by atoms with Crippen molar-refractivity contribution in [3.8, 4) is 6.07 Å². The normalized spacial score (nSPS) is 26.2. The predicted molar refractivity (Wildman–Crippen MR) is 90.7 cm³/mol. The molecule has 1 fully saturated rings. The van der Waals surface area contributed by atoms with Gasteiger partial charge in [0.2, 0.25) is 0 Å². The van der Waals surface area contributed by atoms with Crippen molar-refractivity contribution < 1.29 is 18.3 Å². The van der Waals surface area contributed by atoms with Crippen LogP contribution < -0.4 is 5.32 Å². The number of hydrogen-bond donors (Lipinski definition) is 1. The van der Waals surface area contributed by atoms with Gasteiger partial charge in [-0.15, -0.1) is 0 Å². The van der Waals surface area contributed by atoms with Crippen LogP contribution in [0.15, 0.2) is 59.3 Å². The topological polar surface area (TPSA) is 62.1 Å². The highest BCUT2D eigenvalue weighted by atomic mass is 19.3. The fraction of sp³-hybridized carbons (Fsp3) is 0.300. The second-order valence-electron chi connectivity index (χ2n) is 6.60. The van der Waals surface area contributed by atoms with E-state index in [9.17, 15) is 18.8 Å². The van der Waals surface area contributed by atoms with Gasteiger partial charge in [0.1, 0.15) is 0 Å². The van der Waals surface area contributed by atoms with Crippen molar-refractivity contribution in [3.63, 3.8) is 0 Å². The van der Waals surface area contributed by atoms with Crippen LogP contribution in [0.25, 0.3) is 5.57 Å². The summed E-state index contributed by atoms with van der Waals surface area (Å²) in [6, 6.07) is 10.5. The van der Waals surface area contributed by atoms with Gasteiger partial charge < -0.3 is 10.1 Å². The number of nitrogens with one attached hydrogen (secondary N) is 1. The SMILES string of the molecule is N#CC1=C(C(=O)NC2=CC=C(c3ccccc3)C(F)(F)C2)[C@@H]2CC[C@@H]1O2. The standard InChI is InChI=1S/C20H16F2N2O2/c21-20(22)10-13(6-7-15(20)12-4-2-1-3-5-12)24-19(25)18-14(11-23)16-8-9-17(18)26-16/h1-7,16-17H,8-10H2,(H,24,25)/t16-,17-/m0/s1. The summed E-state index contributed by atoms with van der Waals surface area (Å²) >= 11 is 0. The van der Waals surface area contributed by atoms with Gasteiger partial charge in [0.25, 0.3) is 11.8 Å². The highest BCUT2D eigenvalue weighted by molar-refractivity contribution is 5.98. The van der Waals surface area contributed by atoms with Crippen LogP contribution >= 0.6 is 0 Å². The Bertz CT molecular complexity index is 894. The van der Waals surface area contributed by atoms with E-state index in [0.29, 0.717) is 24.0 Å². The minimum Gasteiger partial charge on any atom is -0.365 e. The first-order valence-corrected chi connectivity index (χ1v) is 8.45. The van der Waals surface area contributed by atoms with Gasteiger partial charge in [-0.3, -0.25) is 4.79 Å². The van der Waals surface area contributed by atoms with E-state index in [2.05, 4.69) is 5.32 Å². The number of fused-ring (bicyclic) bond motifs is 2. The van der Waals surface area contributed by atoms with Gasteiger partial charge in [0, 0.05) is 11.3 Å². The summed E-state index contributed by atoms with van der Waals surface area (Å²) in [4.78, 5) is 12.5. The molecule has 1 amide bonds. The van der Waals surface area contributed by atoms with Crippen LogP contribution in [-0.2, 0) is 9.53 Å². The average Bonchev–Trinajstić information content (AvgIpc) is 3.22. The maximum atomic E-state index is 14.6. The number of alkyl halides is 2. The van der Waals surface area contributed by atoms with Crippen LogP contribution in [0.2, 0.25) is 0 Å². The van der Waals surface area contributed by atoms with Crippen molar-refractivity contribution in [1.29, 1.82) is 5.26 Å². The second kappa shape index (κ2) is 6.19. The molecule has 0 saturated carbocycles. The Hall–Kier alpha value is -2.78. The van der Waals surface area contributed by atoms with E-state index < -0.39 is 24.4 Å². The molecule has 6 heteroatoms. The van der Waals surface area contributed by atoms with Gasteiger partial charge in [-0.05, 0) is 24.5 Å². The number of carbonyl (C=O) groups excluding carboxylic acids is 1. The Morgan fingerprint density at radius 1 is 1.19 bits per heavy atom. The third-order valence-corrected chi connectivity index (χ3v) is 4.94. The summed E-state index contributed by atoms with van der Waals surface area (Å²) in [6.45, 7) is 0. The molecule has 132 valence electrons. The molecule has 1 aliphatic carbocycles. The Morgan fingerprint density at radius 3 is 2.62 bits per heavy atom. The van der Waals surface area contributed by atoms with Crippen molar-refractivity contribution in [2.75, 3.05) is 0 Å². The van der Waals surface area contributed by atoms with E-state index >= 15 is 0 Å². The molecule has 2 atom stereocenters. The summed E-state index contributed by atoms with van der Waals surface area (Å²) < 4.78 is 34.7. The lowest BCUT2D eigenvalue weighted by molar-refractivity contribution is -0.117. The van der Waals surface area contributed by atoms with E-state index in [-0.39, 0.29) is 22.9 Å². The van der Waals surface area contributed by atoms with Gasteiger partial charge >= 0.3 is 0 Å². The number of rotatable bonds is 3. The van der Waals surface area contributed by atoms with Crippen molar-refractivity contribution in [3.05, 3.63) is 64.9 Å². The van der Waals surface area contributed by atoms with E-state index in [1.165, 1.54) is 12.2 Å². The molecular weight excluding hydrogens is 338 g/mol. The molecule has 0 spiro atoms. The molecule has 0 unspecified atom stereocenters. The summed E-state index contributed by atoms with van der Waals surface area (Å²) in [5.74, 6) is -3.61. The minimum atomic E-state index is -3.09. The number of nitriles is 1. The van der Waals surface area contributed by atoms with Gasteiger partial charge in [-0.2, -0.15) is 5.26 Å². The molecule has 0 radical (unpaired) electrons. The van der Waals surface area contributed by atoms with E-state index in [0.717, 1.165) is 0 Å². The molecule has 2 heterocycles. The predicted octanol–water partition coefficient (Wildman–Crippen LogP) is 3.49. The lowest BCUT2D eigenvalue weighted by atomic mass is 9.90. The quantitative estimate of drug-likeness (QED) is 0.904. The molecule has 4 nitrogen and oxygen atoms in total. The van der Waals surface area contributed by atoms with Gasteiger partial charge in [0.15, 0.2) is 0 Å². The number of benzene rings is 1. The fourth-order valence-corrected chi connectivity index (χ4v) is 3.73. The minimum absolute atomic E-state index is 0.0729. The van der Waals surface area contributed by atoms with E-state index in [4.69, 9.17) is 4.74 Å². The van der Waals surface area contributed by atoms with E-state index in [1.54, 1.807) is 30.3 Å². The van der Waals surface area contributed by atoms with Crippen LogP contribution in [0.1, 0.15) is 24.8 Å². The molecular formula is C20H16F2N2O2. The van der Waals surface area contributed by atoms with E-state index in [1.807, 2.05) is 6.07 Å². The number of halogens is 2. The molecule has 2 aliphatic heterocycles. The van der Waals surface area contributed by atoms with Crippen LogP contribution in [0.5, 0.6) is 0 Å². The Morgan fingerprint density at radius 2 is 1.92 bits per heavy atom. The third kappa shape index (κ3) is 2.74. The molecule has 1 aromatic rings. The Balaban J connectivity index is 1.58. The lowest BCUT2D eigenvalue weighted by Crippen LogP contribution is -2.33. The summed E-state index contributed by atoms with van der Waals surface area (Å²) in [5.41, 5.74) is 1.12. The van der Waals surface area contributed by atoms with Crippen LogP contribution in [0.3, 0.4) is 0 Å². The van der Waals surface area contributed by atoms with Crippen molar-refractivity contribution in [2.45, 2.75) is 37.4 Å².